The second-order valence-electron chi connectivity index (χ2n) is 4.66. The largest absolute Gasteiger partial charge is 0.202 e. The smallest absolute Gasteiger partial charge is 0.186 e. The van der Waals surface area contributed by atoms with Crippen molar-refractivity contribution in [3.63, 3.8) is 0 Å². The van der Waals surface area contributed by atoms with Crippen molar-refractivity contribution in [1.82, 2.24) is 0 Å². The van der Waals surface area contributed by atoms with Crippen molar-refractivity contribution in [3.05, 3.63) is 52.8 Å². The fourth-order valence-electron chi connectivity index (χ4n) is 2.72. The summed E-state index contributed by atoms with van der Waals surface area (Å²) in [7, 11) is 2.14. The van der Waals surface area contributed by atoms with Gasteiger partial charge in [-0.25, -0.2) is 4.57 Å². The van der Waals surface area contributed by atoms with E-state index in [0.29, 0.717) is 0 Å². The molecule has 0 atom stereocenters. The number of rotatable bonds is 0. The minimum atomic E-state index is 1.09. The Hall–Kier alpha value is -1.63. The Morgan fingerprint density at radius 1 is 1.06 bits per heavy atom. The monoisotopic (exact) mass is 210 g/mol. The van der Waals surface area contributed by atoms with Gasteiger partial charge in [0.05, 0.1) is 5.56 Å². The van der Waals surface area contributed by atoms with Crippen LogP contribution in [0.25, 0.3) is 11.1 Å². The molecule has 0 bridgehead atoms. The zero-order chi connectivity index (χ0) is 11.3. The highest BCUT2D eigenvalue weighted by molar-refractivity contribution is 5.77. The van der Waals surface area contributed by atoms with Gasteiger partial charge in [0.1, 0.15) is 7.05 Å². The fourth-order valence-corrected chi connectivity index (χ4v) is 2.72. The van der Waals surface area contributed by atoms with Crippen molar-refractivity contribution >= 4 is 0 Å². The van der Waals surface area contributed by atoms with Gasteiger partial charge in [-0.1, -0.05) is 24.3 Å². The molecule has 1 nitrogen and oxygen atoms in total. The van der Waals surface area contributed by atoms with E-state index in [0.717, 1.165) is 6.42 Å². The topological polar surface area (TPSA) is 3.88 Å². The Balaban J connectivity index is 2.36. The van der Waals surface area contributed by atoms with E-state index in [4.69, 9.17) is 0 Å². The Labute approximate surface area is 96.4 Å². The molecule has 2 aromatic rings. The van der Waals surface area contributed by atoms with E-state index in [-0.39, 0.29) is 0 Å². The lowest BCUT2D eigenvalue weighted by Gasteiger charge is -2.05. The molecular formula is C15H16N+. The normalized spacial score (nSPS) is 12.4. The Kier molecular flexibility index (Phi) is 1.90. The van der Waals surface area contributed by atoms with Crippen LogP contribution in [0.5, 0.6) is 0 Å². The molecular weight excluding hydrogens is 194 g/mol. The summed E-state index contributed by atoms with van der Waals surface area (Å²) in [5.74, 6) is 0. The molecule has 0 amide bonds. The van der Waals surface area contributed by atoms with Crippen LogP contribution >= 0.6 is 0 Å². The second kappa shape index (κ2) is 3.18. The zero-order valence-corrected chi connectivity index (χ0v) is 10.0. The molecule has 0 saturated carbocycles. The van der Waals surface area contributed by atoms with Gasteiger partial charge in [-0.05, 0) is 23.1 Å². The van der Waals surface area contributed by atoms with Gasteiger partial charge < -0.3 is 0 Å². The van der Waals surface area contributed by atoms with Gasteiger partial charge in [0, 0.05) is 19.9 Å². The lowest BCUT2D eigenvalue weighted by Crippen LogP contribution is -2.36. The predicted octanol–water partition coefficient (Wildman–Crippen LogP) is 2.70. The molecule has 0 spiro atoms. The van der Waals surface area contributed by atoms with Crippen LogP contribution in [0.1, 0.15) is 22.5 Å². The van der Waals surface area contributed by atoms with E-state index in [1.54, 1.807) is 0 Å². The van der Waals surface area contributed by atoms with Crippen LogP contribution in [-0.2, 0) is 13.5 Å². The minimum Gasteiger partial charge on any atom is -0.202 e. The number of benzene rings is 1. The van der Waals surface area contributed by atoms with Crippen LogP contribution in [0.2, 0.25) is 0 Å². The number of aryl methyl sites for hydroxylation is 1. The van der Waals surface area contributed by atoms with Gasteiger partial charge in [0.25, 0.3) is 0 Å². The standard InChI is InChI=1S/C15H16N/c1-10-8-13-9-12-6-4-5-7-14(12)15(13)11(2)16(10)3/h4-8H,9H2,1-3H3/q+1. The first kappa shape index (κ1) is 9.59. The highest BCUT2D eigenvalue weighted by Gasteiger charge is 2.25. The van der Waals surface area contributed by atoms with E-state index in [9.17, 15) is 0 Å². The summed E-state index contributed by atoms with van der Waals surface area (Å²) in [4.78, 5) is 0. The maximum atomic E-state index is 2.32. The number of hydrogen-bond acceptors (Lipinski definition) is 0. The first-order chi connectivity index (χ1) is 7.68. The Bertz CT molecular complexity index is 582. The van der Waals surface area contributed by atoms with E-state index < -0.39 is 0 Å². The predicted molar refractivity (Wildman–Crippen MR) is 65.3 cm³/mol. The Morgan fingerprint density at radius 2 is 1.81 bits per heavy atom. The quantitative estimate of drug-likeness (QED) is 0.502. The van der Waals surface area contributed by atoms with Crippen molar-refractivity contribution in [2.24, 2.45) is 7.05 Å². The SMILES string of the molecule is Cc1cc2c(c(C)[n+]1C)-c1ccccc1C2. The summed E-state index contributed by atoms with van der Waals surface area (Å²) >= 11 is 0. The molecule has 1 heterocycles. The lowest BCUT2D eigenvalue weighted by molar-refractivity contribution is -0.683. The van der Waals surface area contributed by atoms with Crippen molar-refractivity contribution in [2.45, 2.75) is 20.3 Å². The van der Waals surface area contributed by atoms with Crippen LogP contribution in [0.15, 0.2) is 30.3 Å². The third kappa shape index (κ3) is 1.15. The molecule has 0 unspecified atom stereocenters. The van der Waals surface area contributed by atoms with Gasteiger partial charge in [0.15, 0.2) is 11.4 Å². The molecule has 0 N–H and O–H groups in total. The highest BCUT2D eigenvalue weighted by Crippen LogP contribution is 2.37. The van der Waals surface area contributed by atoms with Crippen LogP contribution < -0.4 is 4.57 Å². The molecule has 1 aromatic heterocycles. The van der Waals surface area contributed by atoms with Gasteiger partial charge in [-0.3, -0.25) is 0 Å². The maximum absolute atomic E-state index is 2.32. The van der Waals surface area contributed by atoms with Crippen LogP contribution in [0.3, 0.4) is 0 Å². The van der Waals surface area contributed by atoms with Crippen molar-refractivity contribution in [2.75, 3.05) is 0 Å². The molecule has 0 saturated heterocycles. The van der Waals surface area contributed by atoms with Crippen molar-refractivity contribution in [3.8, 4) is 11.1 Å². The molecule has 0 radical (unpaired) electrons. The van der Waals surface area contributed by atoms with Gasteiger partial charge in [-0.15, -0.1) is 0 Å². The third-order valence-corrected chi connectivity index (χ3v) is 3.77. The summed E-state index contributed by atoms with van der Waals surface area (Å²) in [6.45, 7) is 4.39. The Morgan fingerprint density at radius 3 is 2.62 bits per heavy atom. The molecule has 1 aromatic carbocycles. The summed E-state index contributed by atoms with van der Waals surface area (Å²) in [5.41, 5.74) is 8.53. The molecule has 1 aliphatic rings. The second-order valence-corrected chi connectivity index (χ2v) is 4.66. The van der Waals surface area contributed by atoms with Crippen LogP contribution in [-0.4, -0.2) is 0 Å². The molecule has 0 aliphatic heterocycles. The van der Waals surface area contributed by atoms with E-state index in [1.807, 2.05) is 0 Å². The van der Waals surface area contributed by atoms with E-state index in [2.05, 4.69) is 55.8 Å². The van der Waals surface area contributed by atoms with Gasteiger partial charge in [0.2, 0.25) is 0 Å². The van der Waals surface area contributed by atoms with Gasteiger partial charge >= 0.3 is 0 Å². The third-order valence-electron chi connectivity index (χ3n) is 3.77. The van der Waals surface area contributed by atoms with Gasteiger partial charge in [-0.2, -0.15) is 0 Å². The molecule has 1 heteroatoms. The van der Waals surface area contributed by atoms with Crippen LogP contribution in [0, 0.1) is 13.8 Å². The zero-order valence-electron chi connectivity index (χ0n) is 10.0. The van der Waals surface area contributed by atoms with E-state index in [1.165, 1.54) is 33.6 Å². The first-order valence-corrected chi connectivity index (χ1v) is 5.76. The lowest BCUT2D eigenvalue weighted by atomic mass is 10.0. The maximum Gasteiger partial charge on any atom is 0.186 e. The van der Waals surface area contributed by atoms with Crippen LogP contribution in [0.4, 0.5) is 0 Å². The van der Waals surface area contributed by atoms with Crippen molar-refractivity contribution in [1.29, 1.82) is 0 Å². The van der Waals surface area contributed by atoms with Crippen molar-refractivity contribution < 1.29 is 4.57 Å². The van der Waals surface area contributed by atoms with E-state index >= 15 is 0 Å². The number of nitrogens with zero attached hydrogens (tertiary/aromatic N) is 1. The summed E-state index contributed by atoms with van der Waals surface area (Å²) in [5, 5.41) is 0. The number of aromatic nitrogens is 1. The number of fused-ring (bicyclic) bond motifs is 3. The first-order valence-electron chi connectivity index (χ1n) is 5.76. The fraction of sp³-hybridized carbons (Fsp3) is 0.267. The highest BCUT2D eigenvalue weighted by atomic mass is 14.9. The molecule has 16 heavy (non-hydrogen) atoms. The summed E-state index contributed by atoms with van der Waals surface area (Å²) < 4.78 is 2.28. The average molecular weight is 210 g/mol. The number of hydrogen-bond donors (Lipinski definition) is 0. The summed E-state index contributed by atoms with van der Waals surface area (Å²) in [6.07, 6.45) is 1.09. The number of pyridine rings is 1. The molecule has 1 aliphatic carbocycles. The molecule has 3 rings (SSSR count). The summed E-state index contributed by atoms with van der Waals surface area (Å²) in [6, 6.07) is 11.1. The minimum absolute atomic E-state index is 1.09. The molecule has 0 fully saturated rings. The molecule has 80 valence electrons. The average Bonchev–Trinajstić information content (AvgIpc) is 2.64.